The molecular weight excluding hydrogens is 342 g/mol. The molecule has 10 nitrogen and oxygen atoms in total. The Morgan fingerprint density at radius 2 is 2.04 bits per heavy atom. The number of benzene rings is 1. The second-order valence-electron chi connectivity index (χ2n) is 5.16. The summed E-state index contributed by atoms with van der Waals surface area (Å²) in [6, 6.07) is 2.28. The standard InChI is InChI=1S/C13H17N3O7S/c1-9(13(17)18)14-11-3-2-10(8-12(11)16(19)20)24(21,22)15-4-6-23-7-5-15/h2-3,8-9,14H,4-7H2,1H3,(H,17,18)/t9-/m0/s1. The van der Waals surface area contributed by atoms with Crippen LogP contribution in [0.2, 0.25) is 0 Å². The summed E-state index contributed by atoms with van der Waals surface area (Å²) in [5, 5.41) is 22.6. The number of nitro benzene ring substituents is 1. The van der Waals surface area contributed by atoms with Gasteiger partial charge in [0.05, 0.1) is 23.0 Å². The van der Waals surface area contributed by atoms with Crippen molar-refractivity contribution in [2.75, 3.05) is 31.6 Å². The van der Waals surface area contributed by atoms with E-state index in [1.165, 1.54) is 23.4 Å². The lowest BCUT2D eigenvalue weighted by Crippen LogP contribution is -2.40. The van der Waals surface area contributed by atoms with Gasteiger partial charge in [-0.05, 0) is 19.1 Å². The van der Waals surface area contributed by atoms with Gasteiger partial charge in [-0.2, -0.15) is 4.31 Å². The highest BCUT2D eigenvalue weighted by molar-refractivity contribution is 7.89. The van der Waals surface area contributed by atoms with Crippen molar-refractivity contribution >= 4 is 27.4 Å². The molecule has 0 radical (unpaired) electrons. The van der Waals surface area contributed by atoms with Crippen LogP contribution in [-0.2, 0) is 19.6 Å². The molecule has 0 bridgehead atoms. The minimum atomic E-state index is -3.87. The quantitative estimate of drug-likeness (QED) is 0.553. The second-order valence-corrected chi connectivity index (χ2v) is 7.09. The van der Waals surface area contributed by atoms with Crippen molar-refractivity contribution in [2.45, 2.75) is 17.9 Å². The van der Waals surface area contributed by atoms with Crippen LogP contribution >= 0.6 is 0 Å². The van der Waals surface area contributed by atoms with Crippen LogP contribution in [0.5, 0.6) is 0 Å². The average Bonchev–Trinajstić information content (AvgIpc) is 2.55. The van der Waals surface area contributed by atoms with E-state index < -0.39 is 32.6 Å². The third kappa shape index (κ3) is 3.80. The summed E-state index contributed by atoms with van der Waals surface area (Å²) in [5.41, 5.74) is -0.562. The topological polar surface area (TPSA) is 139 Å². The van der Waals surface area contributed by atoms with E-state index in [1.54, 1.807) is 0 Å². The largest absolute Gasteiger partial charge is 0.480 e. The van der Waals surface area contributed by atoms with Crippen molar-refractivity contribution in [3.8, 4) is 0 Å². The summed E-state index contributed by atoms with van der Waals surface area (Å²) in [4.78, 5) is 21.1. The Kier molecular flexibility index (Phi) is 5.36. The highest BCUT2D eigenvalue weighted by atomic mass is 32.2. The number of nitrogens with one attached hydrogen (secondary N) is 1. The summed E-state index contributed by atoms with van der Waals surface area (Å²) >= 11 is 0. The number of sulfonamides is 1. The number of anilines is 1. The summed E-state index contributed by atoms with van der Waals surface area (Å²) in [5.74, 6) is -1.19. The summed E-state index contributed by atoms with van der Waals surface area (Å²) in [7, 11) is -3.87. The lowest BCUT2D eigenvalue weighted by molar-refractivity contribution is -0.384. The lowest BCUT2D eigenvalue weighted by atomic mass is 10.2. The van der Waals surface area contributed by atoms with Gasteiger partial charge < -0.3 is 15.2 Å². The first-order valence-electron chi connectivity index (χ1n) is 7.09. The summed E-state index contributed by atoms with van der Waals surface area (Å²) < 4.78 is 31.4. The van der Waals surface area contributed by atoms with Crippen LogP contribution in [0.15, 0.2) is 23.1 Å². The second kappa shape index (κ2) is 7.11. The van der Waals surface area contributed by atoms with Crippen molar-refractivity contribution < 1.29 is 28.0 Å². The van der Waals surface area contributed by atoms with E-state index in [0.717, 1.165) is 6.07 Å². The molecule has 2 N–H and O–H groups in total. The molecule has 0 saturated carbocycles. The zero-order valence-electron chi connectivity index (χ0n) is 12.8. The Morgan fingerprint density at radius 3 is 2.58 bits per heavy atom. The molecule has 1 aromatic carbocycles. The Hall–Kier alpha value is -2.24. The summed E-state index contributed by atoms with van der Waals surface area (Å²) in [6.45, 7) is 2.19. The van der Waals surface area contributed by atoms with Gasteiger partial charge in [-0.25, -0.2) is 8.42 Å². The van der Waals surface area contributed by atoms with Gasteiger partial charge in [0, 0.05) is 19.2 Å². The molecule has 1 saturated heterocycles. The van der Waals surface area contributed by atoms with E-state index in [-0.39, 0.29) is 36.9 Å². The third-order valence-corrected chi connectivity index (χ3v) is 5.41. The molecule has 0 aromatic heterocycles. The van der Waals surface area contributed by atoms with E-state index in [0.29, 0.717) is 0 Å². The zero-order valence-corrected chi connectivity index (χ0v) is 13.7. The molecule has 0 spiro atoms. The van der Waals surface area contributed by atoms with Crippen molar-refractivity contribution in [3.63, 3.8) is 0 Å². The number of morpholine rings is 1. The SMILES string of the molecule is C[C@H](Nc1ccc(S(=O)(=O)N2CCOCC2)cc1[N+](=O)[O-])C(=O)O. The van der Waals surface area contributed by atoms with Crippen molar-refractivity contribution in [1.29, 1.82) is 0 Å². The number of ether oxygens (including phenoxy) is 1. The van der Waals surface area contributed by atoms with E-state index >= 15 is 0 Å². The van der Waals surface area contributed by atoms with Gasteiger partial charge in [-0.15, -0.1) is 0 Å². The van der Waals surface area contributed by atoms with E-state index in [4.69, 9.17) is 9.84 Å². The fraction of sp³-hybridized carbons (Fsp3) is 0.462. The Bertz CT molecular complexity index is 744. The van der Waals surface area contributed by atoms with Crippen molar-refractivity contribution in [3.05, 3.63) is 28.3 Å². The van der Waals surface area contributed by atoms with E-state index in [2.05, 4.69) is 5.32 Å². The van der Waals surface area contributed by atoms with Gasteiger partial charge in [0.1, 0.15) is 11.7 Å². The van der Waals surface area contributed by atoms with Crippen LogP contribution in [0, 0.1) is 10.1 Å². The molecule has 1 heterocycles. The molecule has 1 aliphatic rings. The highest BCUT2D eigenvalue weighted by Crippen LogP contribution is 2.29. The highest BCUT2D eigenvalue weighted by Gasteiger charge is 2.29. The van der Waals surface area contributed by atoms with Gasteiger partial charge in [0.2, 0.25) is 10.0 Å². The number of aliphatic carboxylic acids is 1. The first kappa shape index (κ1) is 18.1. The van der Waals surface area contributed by atoms with Gasteiger partial charge in [-0.3, -0.25) is 14.9 Å². The molecule has 0 amide bonds. The Balaban J connectivity index is 2.37. The predicted octanol–water partition coefficient (Wildman–Crippen LogP) is 0.501. The Morgan fingerprint density at radius 1 is 1.42 bits per heavy atom. The number of carboxylic acid groups (broad SMARTS) is 1. The van der Waals surface area contributed by atoms with Crippen molar-refractivity contribution in [1.82, 2.24) is 4.31 Å². The molecular formula is C13H17N3O7S. The van der Waals surface area contributed by atoms with Crippen LogP contribution in [-0.4, -0.2) is 61.1 Å². The number of nitro groups is 1. The maximum Gasteiger partial charge on any atom is 0.325 e. The number of nitrogens with zero attached hydrogens (tertiary/aromatic N) is 2. The smallest absolute Gasteiger partial charge is 0.325 e. The number of rotatable bonds is 6. The van der Waals surface area contributed by atoms with Crippen LogP contribution < -0.4 is 5.32 Å². The third-order valence-electron chi connectivity index (χ3n) is 3.52. The Labute approximate surface area is 138 Å². The van der Waals surface area contributed by atoms with Crippen LogP contribution in [0.4, 0.5) is 11.4 Å². The van der Waals surface area contributed by atoms with Gasteiger partial charge in [0.15, 0.2) is 0 Å². The van der Waals surface area contributed by atoms with Crippen molar-refractivity contribution in [2.24, 2.45) is 0 Å². The minimum Gasteiger partial charge on any atom is -0.480 e. The van der Waals surface area contributed by atoms with Crippen LogP contribution in [0.1, 0.15) is 6.92 Å². The maximum absolute atomic E-state index is 12.5. The number of hydrogen-bond donors (Lipinski definition) is 2. The normalized spacial score (nSPS) is 17.2. The minimum absolute atomic E-state index is 0.0594. The molecule has 2 rings (SSSR count). The molecule has 11 heteroatoms. The molecule has 132 valence electrons. The molecule has 1 atom stereocenters. The maximum atomic E-state index is 12.5. The van der Waals surface area contributed by atoms with Gasteiger partial charge in [0.25, 0.3) is 5.69 Å². The number of hydrogen-bond acceptors (Lipinski definition) is 7. The van der Waals surface area contributed by atoms with E-state index in [9.17, 15) is 23.3 Å². The summed E-state index contributed by atoms with van der Waals surface area (Å²) in [6.07, 6.45) is 0. The zero-order chi connectivity index (χ0) is 17.9. The molecule has 24 heavy (non-hydrogen) atoms. The monoisotopic (exact) mass is 359 g/mol. The fourth-order valence-electron chi connectivity index (χ4n) is 2.18. The molecule has 1 aromatic rings. The molecule has 1 aliphatic heterocycles. The average molecular weight is 359 g/mol. The molecule has 0 unspecified atom stereocenters. The molecule has 0 aliphatic carbocycles. The first-order valence-corrected chi connectivity index (χ1v) is 8.53. The fourth-order valence-corrected chi connectivity index (χ4v) is 3.60. The number of carbonyl (C=O) groups is 1. The van der Waals surface area contributed by atoms with Gasteiger partial charge >= 0.3 is 5.97 Å². The molecule has 1 fully saturated rings. The first-order chi connectivity index (χ1) is 11.2. The van der Waals surface area contributed by atoms with Gasteiger partial charge in [-0.1, -0.05) is 0 Å². The lowest BCUT2D eigenvalue weighted by Gasteiger charge is -2.26. The van der Waals surface area contributed by atoms with Crippen LogP contribution in [0.3, 0.4) is 0 Å². The van der Waals surface area contributed by atoms with Crippen LogP contribution in [0.25, 0.3) is 0 Å². The van der Waals surface area contributed by atoms with E-state index in [1.807, 2.05) is 0 Å². The predicted molar refractivity (Wildman–Crippen MR) is 83.4 cm³/mol. The number of carboxylic acids is 1.